The monoisotopic (exact) mass is 242 g/mol. The average molecular weight is 242 g/mol. The maximum atomic E-state index is 11.6. The molecule has 0 heterocycles. The van der Waals surface area contributed by atoms with Gasteiger partial charge in [-0.15, -0.1) is 0 Å². The summed E-state index contributed by atoms with van der Waals surface area (Å²) in [4.78, 5) is 22.5. The third-order valence-corrected chi connectivity index (χ3v) is 3.46. The molecule has 0 unspecified atom stereocenters. The molecule has 0 saturated heterocycles. The summed E-state index contributed by atoms with van der Waals surface area (Å²) in [5, 5.41) is 14.2. The molecule has 0 spiro atoms. The van der Waals surface area contributed by atoms with Crippen molar-refractivity contribution in [2.24, 2.45) is 11.3 Å². The Kier molecular flexibility index (Phi) is 4.37. The molecule has 0 aromatic carbocycles. The molecule has 1 aliphatic carbocycles. The zero-order valence-corrected chi connectivity index (χ0v) is 10.7. The number of carboxylic acid groups (broad SMARTS) is 1. The van der Waals surface area contributed by atoms with E-state index in [0.29, 0.717) is 6.54 Å². The molecule has 1 atom stereocenters. The first-order chi connectivity index (χ1) is 7.84. The zero-order chi connectivity index (χ0) is 13.1. The van der Waals surface area contributed by atoms with Crippen LogP contribution in [-0.2, 0) is 4.79 Å². The molecule has 1 saturated carbocycles. The van der Waals surface area contributed by atoms with Crippen LogP contribution < -0.4 is 10.6 Å². The number of hydrogen-bond acceptors (Lipinski definition) is 2. The van der Waals surface area contributed by atoms with Gasteiger partial charge in [-0.1, -0.05) is 27.2 Å². The van der Waals surface area contributed by atoms with Gasteiger partial charge in [-0.3, -0.25) is 0 Å². The second-order valence-electron chi connectivity index (χ2n) is 5.55. The minimum absolute atomic E-state index is 0.127. The Morgan fingerprint density at radius 2 is 1.94 bits per heavy atom. The summed E-state index contributed by atoms with van der Waals surface area (Å²) >= 11 is 0. The van der Waals surface area contributed by atoms with Gasteiger partial charge in [0.25, 0.3) is 0 Å². The normalized spacial score (nSPS) is 19.3. The van der Waals surface area contributed by atoms with E-state index in [1.807, 2.05) is 0 Å². The fraction of sp³-hybridized carbons (Fsp3) is 0.833. The molecule has 0 bridgehead atoms. The molecular formula is C12H22N2O3. The first kappa shape index (κ1) is 13.8. The molecule has 0 radical (unpaired) electrons. The standard InChI is InChI=1S/C12H22N2O3/c1-8(2)9(10(15)16)14-11(17)13-7-12(3)5-4-6-12/h8-9H,4-7H2,1-3H3,(H,15,16)(H2,13,14,17)/t9-/m0/s1. The highest BCUT2D eigenvalue weighted by Crippen LogP contribution is 2.39. The third-order valence-electron chi connectivity index (χ3n) is 3.46. The van der Waals surface area contributed by atoms with Crippen molar-refractivity contribution in [1.82, 2.24) is 10.6 Å². The lowest BCUT2D eigenvalue weighted by molar-refractivity contribution is -0.140. The van der Waals surface area contributed by atoms with Crippen molar-refractivity contribution in [3.8, 4) is 0 Å². The fourth-order valence-electron chi connectivity index (χ4n) is 1.96. The maximum absolute atomic E-state index is 11.6. The number of rotatable bonds is 5. The van der Waals surface area contributed by atoms with Crippen LogP contribution in [0.5, 0.6) is 0 Å². The Morgan fingerprint density at radius 3 is 2.29 bits per heavy atom. The van der Waals surface area contributed by atoms with Gasteiger partial charge in [-0.25, -0.2) is 9.59 Å². The van der Waals surface area contributed by atoms with Crippen LogP contribution in [0.4, 0.5) is 4.79 Å². The Bertz CT molecular complexity index is 298. The smallest absolute Gasteiger partial charge is 0.326 e. The van der Waals surface area contributed by atoms with Crippen molar-refractivity contribution in [2.45, 2.75) is 46.1 Å². The van der Waals surface area contributed by atoms with Gasteiger partial charge in [-0.2, -0.15) is 0 Å². The van der Waals surface area contributed by atoms with E-state index in [-0.39, 0.29) is 17.4 Å². The van der Waals surface area contributed by atoms with E-state index in [1.165, 1.54) is 6.42 Å². The Hall–Kier alpha value is -1.26. The Balaban J connectivity index is 2.34. The van der Waals surface area contributed by atoms with Crippen molar-refractivity contribution in [1.29, 1.82) is 0 Å². The molecule has 3 N–H and O–H groups in total. The van der Waals surface area contributed by atoms with E-state index >= 15 is 0 Å². The SMILES string of the molecule is CC(C)[C@H](NC(=O)NCC1(C)CCC1)C(=O)O. The largest absolute Gasteiger partial charge is 0.480 e. The van der Waals surface area contributed by atoms with E-state index in [1.54, 1.807) is 13.8 Å². The van der Waals surface area contributed by atoms with Gasteiger partial charge in [0.05, 0.1) is 0 Å². The molecule has 0 aliphatic heterocycles. The fourth-order valence-corrected chi connectivity index (χ4v) is 1.96. The first-order valence-electron chi connectivity index (χ1n) is 6.11. The van der Waals surface area contributed by atoms with Crippen molar-refractivity contribution < 1.29 is 14.7 Å². The molecule has 5 nitrogen and oxygen atoms in total. The number of carbonyl (C=O) groups is 2. The highest BCUT2D eigenvalue weighted by Gasteiger charge is 2.32. The molecule has 2 amide bonds. The summed E-state index contributed by atoms with van der Waals surface area (Å²) in [6, 6.07) is -1.22. The van der Waals surface area contributed by atoms with E-state index in [9.17, 15) is 9.59 Å². The molecule has 1 rings (SSSR count). The second kappa shape index (κ2) is 5.38. The van der Waals surface area contributed by atoms with Crippen LogP contribution >= 0.6 is 0 Å². The van der Waals surface area contributed by atoms with Crippen LogP contribution in [0.2, 0.25) is 0 Å². The lowest BCUT2D eigenvalue weighted by Crippen LogP contribution is -2.51. The van der Waals surface area contributed by atoms with E-state index < -0.39 is 12.0 Å². The van der Waals surface area contributed by atoms with Gasteiger partial charge >= 0.3 is 12.0 Å². The van der Waals surface area contributed by atoms with Gasteiger partial charge in [0.2, 0.25) is 0 Å². The Labute approximate surface area is 102 Å². The predicted octanol–water partition coefficient (Wildman–Crippen LogP) is 1.58. The number of carbonyl (C=O) groups excluding carboxylic acids is 1. The van der Waals surface area contributed by atoms with Gasteiger partial charge in [-0.05, 0) is 24.2 Å². The number of carboxylic acids is 1. The molecule has 1 aliphatic rings. The summed E-state index contributed by atoms with van der Waals surface area (Å²) < 4.78 is 0. The number of hydrogen-bond donors (Lipinski definition) is 3. The summed E-state index contributed by atoms with van der Waals surface area (Å²) in [6.45, 7) is 6.29. The van der Waals surface area contributed by atoms with Crippen LogP contribution in [0.1, 0.15) is 40.0 Å². The minimum Gasteiger partial charge on any atom is -0.480 e. The van der Waals surface area contributed by atoms with Gasteiger partial charge in [0.1, 0.15) is 6.04 Å². The highest BCUT2D eigenvalue weighted by atomic mass is 16.4. The number of amides is 2. The number of urea groups is 1. The first-order valence-corrected chi connectivity index (χ1v) is 6.11. The van der Waals surface area contributed by atoms with E-state index in [2.05, 4.69) is 17.6 Å². The average Bonchev–Trinajstić information content (AvgIpc) is 2.19. The van der Waals surface area contributed by atoms with Crippen LogP contribution in [0.3, 0.4) is 0 Å². The molecule has 98 valence electrons. The minimum atomic E-state index is -0.995. The zero-order valence-electron chi connectivity index (χ0n) is 10.7. The molecule has 17 heavy (non-hydrogen) atoms. The van der Waals surface area contributed by atoms with Crippen molar-refractivity contribution in [2.75, 3.05) is 6.54 Å². The molecule has 1 fully saturated rings. The van der Waals surface area contributed by atoms with Crippen LogP contribution in [-0.4, -0.2) is 29.7 Å². The van der Waals surface area contributed by atoms with E-state index in [4.69, 9.17) is 5.11 Å². The van der Waals surface area contributed by atoms with Gasteiger partial charge in [0, 0.05) is 6.54 Å². The topological polar surface area (TPSA) is 78.4 Å². The second-order valence-corrected chi connectivity index (χ2v) is 5.55. The summed E-state index contributed by atoms with van der Waals surface area (Å²) in [7, 11) is 0. The molecule has 0 aromatic heterocycles. The summed E-state index contributed by atoms with van der Waals surface area (Å²) in [6.07, 6.45) is 3.46. The summed E-state index contributed by atoms with van der Waals surface area (Å²) in [5.74, 6) is -1.12. The molecule has 0 aromatic rings. The van der Waals surface area contributed by atoms with Crippen molar-refractivity contribution in [3.05, 3.63) is 0 Å². The Morgan fingerprint density at radius 1 is 1.35 bits per heavy atom. The highest BCUT2D eigenvalue weighted by molar-refractivity contribution is 5.82. The van der Waals surface area contributed by atoms with Crippen molar-refractivity contribution >= 4 is 12.0 Å². The number of aliphatic carboxylic acids is 1. The maximum Gasteiger partial charge on any atom is 0.326 e. The quantitative estimate of drug-likeness (QED) is 0.685. The summed E-state index contributed by atoms with van der Waals surface area (Å²) in [5.41, 5.74) is 0.202. The van der Waals surface area contributed by atoms with Crippen LogP contribution in [0.25, 0.3) is 0 Å². The molecule has 5 heteroatoms. The van der Waals surface area contributed by atoms with Gasteiger partial charge < -0.3 is 15.7 Å². The lowest BCUT2D eigenvalue weighted by atomic mass is 9.70. The van der Waals surface area contributed by atoms with E-state index in [0.717, 1.165) is 12.8 Å². The molecular weight excluding hydrogens is 220 g/mol. The number of nitrogens with one attached hydrogen (secondary N) is 2. The van der Waals surface area contributed by atoms with Gasteiger partial charge in [0.15, 0.2) is 0 Å². The lowest BCUT2D eigenvalue weighted by Gasteiger charge is -2.38. The van der Waals surface area contributed by atoms with Crippen LogP contribution in [0, 0.1) is 11.3 Å². The predicted molar refractivity (Wildman–Crippen MR) is 64.8 cm³/mol. The van der Waals surface area contributed by atoms with Crippen molar-refractivity contribution in [3.63, 3.8) is 0 Å². The third kappa shape index (κ3) is 3.91. The van der Waals surface area contributed by atoms with Crippen LogP contribution in [0.15, 0.2) is 0 Å².